The summed E-state index contributed by atoms with van der Waals surface area (Å²) in [4.78, 5) is 22.9. The Morgan fingerprint density at radius 1 is 1.56 bits per heavy atom. The number of benzene rings is 1. The molecule has 1 rings (SSSR count). The van der Waals surface area contributed by atoms with Crippen LogP contribution < -0.4 is 9.64 Å². The van der Waals surface area contributed by atoms with Crippen molar-refractivity contribution in [2.24, 2.45) is 0 Å². The van der Waals surface area contributed by atoms with Crippen molar-refractivity contribution in [3.05, 3.63) is 23.2 Å². The minimum atomic E-state index is -0.890. The molecule has 6 heteroatoms. The van der Waals surface area contributed by atoms with Crippen LogP contribution in [0.4, 0.5) is 5.69 Å². The fraction of sp³-hybridized carbons (Fsp3) is 0.333. The van der Waals surface area contributed by atoms with Crippen LogP contribution in [0.3, 0.4) is 0 Å². The number of anilines is 1. The summed E-state index contributed by atoms with van der Waals surface area (Å²) in [6.45, 7) is 0.298. The largest absolute Gasteiger partial charge is 0.495 e. The van der Waals surface area contributed by atoms with Gasteiger partial charge in [-0.05, 0) is 24.6 Å². The Morgan fingerprint density at radius 2 is 2.28 bits per heavy atom. The lowest BCUT2D eigenvalue weighted by atomic mass is 10.2. The Hall–Kier alpha value is -1.75. The molecule has 0 aliphatic rings. The maximum absolute atomic E-state index is 11.0. The second-order valence-electron chi connectivity index (χ2n) is 3.61. The number of methoxy groups -OCH3 is 1. The molecule has 0 aliphatic heterocycles. The third kappa shape index (κ3) is 3.92. The second kappa shape index (κ2) is 6.86. The van der Waals surface area contributed by atoms with Crippen molar-refractivity contribution in [1.29, 1.82) is 0 Å². The summed E-state index contributed by atoms with van der Waals surface area (Å²) in [5.41, 5.74) is 0.533. The van der Waals surface area contributed by atoms with Gasteiger partial charge in [-0.1, -0.05) is 11.6 Å². The number of halogens is 1. The van der Waals surface area contributed by atoms with Gasteiger partial charge in [-0.2, -0.15) is 0 Å². The van der Waals surface area contributed by atoms with Crippen LogP contribution in [0.25, 0.3) is 0 Å². The molecule has 0 radical (unpaired) electrons. The second-order valence-corrected chi connectivity index (χ2v) is 4.05. The molecule has 1 amide bonds. The number of aliphatic carboxylic acids is 1. The normalized spacial score (nSPS) is 9.89. The van der Waals surface area contributed by atoms with Gasteiger partial charge in [-0.25, -0.2) is 0 Å². The summed E-state index contributed by atoms with van der Waals surface area (Å²) >= 11 is 5.87. The molecular weight excluding hydrogens is 258 g/mol. The number of amides is 1. The minimum Gasteiger partial charge on any atom is -0.495 e. The summed E-state index contributed by atoms with van der Waals surface area (Å²) in [6.07, 6.45) is 1.01. The first-order valence-electron chi connectivity index (χ1n) is 5.35. The van der Waals surface area contributed by atoms with Crippen molar-refractivity contribution >= 4 is 29.7 Å². The van der Waals surface area contributed by atoms with E-state index in [4.69, 9.17) is 21.4 Å². The number of hydrogen-bond donors (Lipinski definition) is 1. The van der Waals surface area contributed by atoms with Gasteiger partial charge in [0, 0.05) is 18.0 Å². The number of carboxylic acids is 1. The molecule has 0 saturated carbocycles. The van der Waals surface area contributed by atoms with Gasteiger partial charge in [0.15, 0.2) is 0 Å². The summed E-state index contributed by atoms with van der Waals surface area (Å²) in [5, 5.41) is 9.04. The zero-order chi connectivity index (χ0) is 13.5. The third-order valence-corrected chi connectivity index (χ3v) is 2.60. The van der Waals surface area contributed by atoms with E-state index in [9.17, 15) is 9.59 Å². The average Bonchev–Trinajstić information content (AvgIpc) is 2.34. The predicted octanol–water partition coefficient (Wildman–Crippen LogP) is 2.18. The van der Waals surface area contributed by atoms with Gasteiger partial charge < -0.3 is 14.7 Å². The van der Waals surface area contributed by atoms with Crippen LogP contribution >= 0.6 is 11.6 Å². The summed E-state index contributed by atoms with van der Waals surface area (Å²) in [5.74, 6) is -0.374. The Morgan fingerprint density at radius 3 is 2.83 bits per heavy atom. The number of ether oxygens (including phenoxy) is 1. The Bertz CT molecular complexity index is 436. The summed E-state index contributed by atoms with van der Waals surface area (Å²) in [7, 11) is 1.49. The lowest BCUT2D eigenvalue weighted by molar-refractivity contribution is -0.137. The molecule has 0 fully saturated rings. The number of carboxylic acid groups (broad SMARTS) is 1. The topological polar surface area (TPSA) is 66.8 Å². The van der Waals surface area contributed by atoms with Crippen molar-refractivity contribution in [2.45, 2.75) is 12.8 Å². The smallest absolute Gasteiger partial charge is 0.303 e. The van der Waals surface area contributed by atoms with E-state index in [1.807, 2.05) is 0 Å². The molecule has 0 heterocycles. The highest BCUT2D eigenvalue weighted by Gasteiger charge is 2.12. The predicted molar refractivity (Wildman–Crippen MR) is 68.3 cm³/mol. The molecule has 0 aliphatic carbocycles. The molecule has 18 heavy (non-hydrogen) atoms. The van der Waals surface area contributed by atoms with Crippen LogP contribution in [0, 0.1) is 0 Å². The van der Waals surface area contributed by atoms with Crippen molar-refractivity contribution < 1.29 is 19.4 Å². The maximum atomic E-state index is 11.0. The average molecular weight is 272 g/mol. The lowest BCUT2D eigenvalue weighted by Crippen LogP contribution is -2.23. The van der Waals surface area contributed by atoms with E-state index >= 15 is 0 Å². The first kappa shape index (κ1) is 14.3. The van der Waals surface area contributed by atoms with Gasteiger partial charge in [-0.15, -0.1) is 0 Å². The van der Waals surface area contributed by atoms with E-state index in [0.29, 0.717) is 35.8 Å². The zero-order valence-corrected chi connectivity index (χ0v) is 10.7. The van der Waals surface area contributed by atoms with E-state index in [0.717, 1.165) is 0 Å². The van der Waals surface area contributed by atoms with Crippen molar-refractivity contribution in [1.82, 2.24) is 0 Å². The molecule has 0 unspecified atom stereocenters. The Balaban J connectivity index is 2.83. The van der Waals surface area contributed by atoms with Gasteiger partial charge in [0.1, 0.15) is 5.75 Å². The van der Waals surface area contributed by atoms with Crippen molar-refractivity contribution in [2.75, 3.05) is 18.6 Å². The minimum absolute atomic E-state index is 0.00716. The number of carbonyl (C=O) groups excluding carboxylic acids is 1. The zero-order valence-electron chi connectivity index (χ0n) is 9.93. The lowest BCUT2D eigenvalue weighted by Gasteiger charge is -2.19. The fourth-order valence-electron chi connectivity index (χ4n) is 1.52. The molecular formula is C12H14ClNO4. The van der Waals surface area contributed by atoms with E-state index in [1.165, 1.54) is 12.0 Å². The van der Waals surface area contributed by atoms with E-state index in [-0.39, 0.29) is 6.42 Å². The molecule has 1 aromatic carbocycles. The van der Waals surface area contributed by atoms with Crippen molar-refractivity contribution in [3.63, 3.8) is 0 Å². The summed E-state index contributed by atoms with van der Waals surface area (Å²) < 4.78 is 5.14. The van der Waals surface area contributed by atoms with Gasteiger partial charge >= 0.3 is 5.97 Å². The molecule has 98 valence electrons. The fourth-order valence-corrected chi connectivity index (χ4v) is 1.68. The number of hydrogen-bond acceptors (Lipinski definition) is 3. The van der Waals surface area contributed by atoms with Crippen molar-refractivity contribution in [3.8, 4) is 5.75 Å². The number of nitrogens with zero attached hydrogens (tertiary/aromatic N) is 1. The van der Waals surface area contributed by atoms with Crippen LogP contribution in [0.15, 0.2) is 18.2 Å². The molecule has 5 nitrogen and oxygen atoms in total. The highest BCUT2D eigenvalue weighted by molar-refractivity contribution is 6.31. The van der Waals surface area contributed by atoms with Gasteiger partial charge in [-0.3, -0.25) is 9.59 Å². The molecule has 0 atom stereocenters. The molecule has 0 aromatic heterocycles. The SMILES string of the molecule is COc1ccc(Cl)cc1N(C=O)CCCC(=O)O. The van der Waals surface area contributed by atoms with Crippen LogP contribution in [-0.2, 0) is 9.59 Å². The number of rotatable bonds is 7. The maximum Gasteiger partial charge on any atom is 0.303 e. The molecule has 0 spiro atoms. The van der Waals surface area contributed by atoms with Gasteiger partial charge in [0.05, 0.1) is 12.8 Å². The Labute approximate surface area is 110 Å². The van der Waals surface area contributed by atoms with E-state index < -0.39 is 5.97 Å². The Kier molecular flexibility index (Phi) is 5.45. The third-order valence-electron chi connectivity index (χ3n) is 2.37. The van der Waals surface area contributed by atoms with Gasteiger partial charge in [0.25, 0.3) is 0 Å². The highest BCUT2D eigenvalue weighted by atomic mass is 35.5. The first-order valence-corrected chi connectivity index (χ1v) is 5.73. The van der Waals surface area contributed by atoms with Crippen LogP contribution in [0.2, 0.25) is 5.02 Å². The highest BCUT2D eigenvalue weighted by Crippen LogP contribution is 2.30. The molecule has 1 aromatic rings. The quantitative estimate of drug-likeness (QED) is 0.772. The standard InChI is InChI=1S/C12H14ClNO4/c1-18-11-5-4-9(13)7-10(11)14(8-15)6-2-3-12(16)17/h4-5,7-8H,2-3,6H2,1H3,(H,16,17). The molecule has 1 N–H and O–H groups in total. The molecule has 0 saturated heterocycles. The van der Waals surface area contributed by atoms with Crippen LogP contribution in [0.1, 0.15) is 12.8 Å². The van der Waals surface area contributed by atoms with E-state index in [1.54, 1.807) is 18.2 Å². The first-order chi connectivity index (χ1) is 8.58. The molecule has 0 bridgehead atoms. The van der Waals surface area contributed by atoms with E-state index in [2.05, 4.69) is 0 Å². The van der Waals surface area contributed by atoms with Crippen LogP contribution in [-0.4, -0.2) is 31.1 Å². The number of carbonyl (C=O) groups is 2. The van der Waals surface area contributed by atoms with Crippen LogP contribution in [0.5, 0.6) is 5.75 Å². The monoisotopic (exact) mass is 271 g/mol. The van der Waals surface area contributed by atoms with Gasteiger partial charge in [0.2, 0.25) is 6.41 Å². The summed E-state index contributed by atoms with van der Waals surface area (Å²) in [6, 6.07) is 4.92.